The first kappa shape index (κ1) is 12.2. The molecule has 0 aliphatic rings. The third kappa shape index (κ3) is 5.79. The summed E-state index contributed by atoms with van der Waals surface area (Å²) in [4.78, 5) is 2.06. The Morgan fingerprint density at radius 1 is 1.17 bits per heavy atom. The van der Waals surface area contributed by atoms with E-state index < -0.39 is 0 Å². The van der Waals surface area contributed by atoms with Crippen molar-refractivity contribution >= 4 is 22.6 Å². The number of rotatable bonds is 7. The first-order valence-electron chi connectivity index (χ1n) is 4.03. The van der Waals surface area contributed by atoms with Crippen LogP contribution < -0.4 is 0 Å². The van der Waals surface area contributed by atoms with E-state index in [0.29, 0.717) is 0 Å². The van der Waals surface area contributed by atoms with Gasteiger partial charge in [-0.15, -0.1) is 0 Å². The van der Waals surface area contributed by atoms with E-state index in [1.807, 2.05) is 0 Å². The molecule has 0 aromatic heterocycles. The molecule has 0 aliphatic heterocycles. The fraction of sp³-hybridized carbons (Fsp3) is 0.750. The standard InChI is InChI=1S/C8H16INO2/c1-8(9)10(4-2-6-11)5-3-7-12/h11-12H,1-7H2. The van der Waals surface area contributed by atoms with E-state index in [1.165, 1.54) is 0 Å². The molecular formula is C8H16INO2. The maximum atomic E-state index is 8.61. The third-order valence-corrected chi connectivity index (χ3v) is 2.20. The van der Waals surface area contributed by atoms with E-state index in [2.05, 4.69) is 34.1 Å². The first-order chi connectivity index (χ1) is 5.72. The Bertz CT molecular complexity index is 122. The lowest BCUT2D eigenvalue weighted by Gasteiger charge is -2.22. The molecule has 0 heterocycles. The van der Waals surface area contributed by atoms with Gasteiger partial charge in [0.1, 0.15) is 0 Å². The van der Waals surface area contributed by atoms with Gasteiger partial charge in [-0.05, 0) is 35.4 Å². The summed E-state index contributed by atoms with van der Waals surface area (Å²) in [6.45, 7) is 5.86. The van der Waals surface area contributed by atoms with Crippen LogP contribution >= 0.6 is 22.6 Å². The van der Waals surface area contributed by atoms with Crippen LogP contribution in [0.3, 0.4) is 0 Å². The van der Waals surface area contributed by atoms with E-state index >= 15 is 0 Å². The van der Waals surface area contributed by atoms with Crippen molar-refractivity contribution in [3.8, 4) is 0 Å². The predicted molar refractivity (Wildman–Crippen MR) is 58.1 cm³/mol. The summed E-state index contributed by atoms with van der Waals surface area (Å²) in [7, 11) is 0. The lowest BCUT2D eigenvalue weighted by molar-refractivity contribution is 0.236. The van der Waals surface area contributed by atoms with Gasteiger partial charge in [-0.3, -0.25) is 0 Å². The number of aliphatic hydroxyl groups excluding tert-OH is 2. The molecule has 0 aromatic rings. The van der Waals surface area contributed by atoms with E-state index in [0.717, 1.165) is 29.6 Å². The van der Waals surface area contributed by atoms with Gasteiger partial charge in [0, 0.05) is 26.3 Å². The Hall–Kier alpha value is 0.190. The molecule has 12 heavy (non-hydrogen) atoms. The van der Waals surface area contributed by atoms with Crippen LogP contribution in [0, 0.1) is 0 Å². The summed E-state index contributed by atoms with van der Waals surface area (Å²) in [5, 5.41) is 17.2. The highest BCUT2D eigenvalue weighted by Crippen LogP contribution is 2.10. The summed E-state index contributed by atoms with van der Waals surface area (Å²) >= 11 is 2.15. The van der Waals surface area contributed by atoms with Crippen LogP contribution in [-0.2, 0) is 0 Å². The first-order valence-corrected chi connectivity index (χ1v) is 5.11. The second-order valence-corrected chi connectivity index (χ2v) is 3.76. The van der Waals surface area contributed by atoms with Crippen LogP contribution in [0.25, 0.3) is 0 Å². The highest BCUT2D eigenvalue weighted by atomic mass is 127. The molecule has 0 saturated heterocycles. The van der Waals surface area contributed by atoms with Gasteiger partial charge >= 0.3 is 0 Å². The van der Waals surface area contributed by atoms with Crippen LogP contribution in [0.5, 0.6) is 0 Å². The number of hydrogen-bond donors (Lipinski definition) is 2. The summed E-state index contributed by atoms with van der Waals surface area (Å²) in [5.41, 5.74) is 0. The van der Waals surface area contributed by atoms with Crippen molar-refractivity contribution in [2.75, 3.05) is 26.3 Å². The van der Waals surface area contributed by atoms with E-state index in [9.17, 15) is 0 Å². The Kier molecular flexibility index (Phi) is 7.94. The molecule has 72 valence electrons. The fourth-order valence-electron chi connectivity index (χ4n) is 0.878. The van der Waals surface area contributed by atoms with Gasteiger partial charge in [0.25, 0.3) is 0 Å². The molecule has 0 spiro atoms. The van der Waals surface area contributed by atoms with Crippen molar-refractivity contribution < 1.29 is 10.2 Å². The maximum Gasteiger partial charge on any atom is 0.0684 e. The van der Waals surface area contributed by atoms with Gasteiger partial charge < -0.3 is 15.1 Å². The SMILES string of the molecule is C=C(I)N(CCCO)CCCO. The molecule has 0 fully saturated rings. The Morgan fingerprint density at radius 3 is 1.83 bits per heavy atom. The van der Waals surface area contributed by atoms with Crippen LogP contribution in [0.2, 0.25) is 0 Å². The average Bonchev–Trinajstić information content (AvgIpc) is 2.04. The average molecular weight is 285 g/mol. The highest BCUT2D eigenvalue weighted by Gasteiger charge is 2.02. The molecule has 0 radical (unpaired) electrons. The molecule has 0 atom stereocenters. The van der Waals surface area contributed by atoms with Gasteiger partial charge in [-0.2, -0.15) is 0 Å². The molecule has 0 amide bonds. The molecule has 0 aliphatic carbocycles. The molecule has 0 rings (SSSR count). The maximum absolute atomic E-state index is 8.61. The lowest BCUT2D eigenvalue weighted by Crippen LogP contribution is -2.23. The number of aliphatic hydroxyl groups is 2. The second-order valence-electron chi connectivity index (χ2n) is 2.52. The zero-order valence-corrected chi connectivity index (χ0v) is 9.33. The zero-order chi connectivity index (χ0) is 9.40. The van der Waals surface area contributed by atoms with E-state index in [1.54, 1.807) is 0 Å². The molecule has 0 aromatic carbocycles. The molecule has 0 bridgehead atoms. The normalized spacial score (nSPS) is 9.92. The summed E-state index contributed by atoms with van der Waals surface area (Å²) < 4.78 is 0.967. The van der Waals surface area contributed by atoms with Crippen molar-refractivity contribution in [3.05, 3.63) is 10.3 Å². The Morgan fingerprint density at radius 2 is 1.58 bits per heavy atom. The topological polar surface area (TPSA) is 43.7 Å². The van der Waals surface area contributed by atoms with Gasteiger partial charge in [0.05, 0.1) is 3.70 Å². The third-order valence-electron chi connectivity index (χ3n) is 1.52. The van der Waals surface area contributed by atoms with Crippen LogP contribution in [0.15, 0.2) is 10.3 Å². The monoisotopic (exact) mass is 285 g/mol. The van der Waals surface area contributed by atoms with Gasteiger partial charge in [0.15, 0.2) is 0 Å². The molecule has 3 nitrogen and oxygen atoms in total. The van der Waals surface area contributed by atoms with Crippen LogP contribution in [0.1, 0.15) is 12.8 Å². The van der Waals surface area contributed by atoms with Crippen molar-refractivity contribution in [2.24, 2.45) is 0 Å². The molecular weight excluding hydrogens is 269 g/mol. The van der Waals surface area contributed by atoms with Crippen molar-refractivity contribution in [2.45, 2.75) is 12.8 Å². The zero-order valence-electron chi connectivity index (χ0n) is 7.17. The fourth-order valence-corrected chi connectivity index (χ4v) is 1.36. The largest absolute Gasteiger partial charge is 0.396 e. The minimum Gasteiger partial charge on any atom is -0.396 e. The molecule has 0 saturated carbocycles. The minimum atomic E-state index is 0.208. The van der Waals surface area contributed by atoms with E-state index in [-0.39, 0.29) is 13.2 Å². The Labute approximate surface area is 87.2 Å². The smallest absolute Gasteiger partial charge is 0.0684 e. The van der Waals surface area contributed by atoms with Gasteiger partial charge in [-0.25, -0.2) is 0 Å². The summed E-state index contributed by atoms with van der Waals surface area (Å²) in [6, 6.07) is 0. The van der Waals surface area contributed by atoms with Crippen molar-refractivity contribution in [1.29, 1.82) is 0 Å². The lowest BCUT2D eigenvalue weighted by atomic mass is 10.3. The van der Waals surface area contributed by atoms with Crippen molar-refractivity contribution in [3.63, 3.8) is 0 Å². The van der Waals surface area contributed by atoms with Crippen molar-refractivity contribution in [1.82, 2.24) is 4.90 Å². The second kappa shape index (κ2) is 7.82. The van der Waals surface area contributed by atoms with Crippen LogP contribution in [0.4, 0.5) is 0 Å². The molecule has 2 N–H and O–H groups in total. The highest BCUT2D eigenvalue weighted by molar-refractivity contribution is 14.1. The molecule has 4 heteroatoms. The summed E-state index contributed by atoms with van der Waals surface area (Å²) in [5.74, 6) is 0. The number of halogens is 1. The van der Waals surface area contributed by atoms with E-state index in [4.69, 9.17) is 10.2 Å². The van der Waals surface area contributed by atoms with Crippen LogP contribution in [-0.4, -0.2) is 41.4 Å². The predicted octanol–water partition coefficient (Wildman–Crippen LogP) is 0.959. The van der Waals surface area contributed by atoms with Gasteiger partial charge in [0.2, 0.25) is 0 Å². The quantitative estimate of drug-likeness (QED) is 0.541. The molecule has 0 unspecified atom stereocenters. The summed E-state index contributed by atoms with van der Waals surface area (Å²) in [6.07, 6.45) is 1.51. The minimum absolute atomic E-state index is 0.208. The number of nitrogens with zero attached hydrogens (tertiary/aromatic N) is 1. The number of hydrogen-bond acceptors (Lipinski definition) is 3. The Balaban J connectivity index is 3.62. The van der Waals surface area contributed by atoms with Gasteiger partial charge in [-0.1, -0.05) is 6.58 Å².